The summed E-state index contributed by atoms with van der Waals surface area (Å²) in [5, 5.41) is 2.66. The third-order valence-electron chi connectivity index (χ3n) is 1.05. The number of hydrogen-bond acceptors (Lipinski definition) is 1. The van der Waals surface area contributed by atoms with Crippen molar-refractivity contribution < 1.29 is 4.79 Å². The molecule has 0 aromatic rings. The fourth-order valence-electron chi connectivity index (χ4n) is 0.423. The summed E-state index contributed by atoms with van der Waals surface area (Å²) in [5.41, 5.74) is 0. The Morgan fingerprint density at radius 2 is 2.18 bits per heavy atom. The van der Waals surface area contributed by atoms with E-state index >= 15 is 0 Å². The normalized spacial score (nSPS) is 9.82. The number of hydrogen-bond donors (Lipinski definition) is 1. The van der Waals surface area contributed by atoms with Gasteiger partial charge in [-0.25, -0.2) is 0 Å². The highest BCUT2D eigenvalue weighted by Crippen LogP contribution is 2.14. The van der Waals surface area contributed by atoms with Crippen molar-refractivity contribution in [1.29, 1.82) is 0 Å². The maximum Gasteiger partial charge on any atom is 0.237 e. The van der Waals surface area contributed by atoms with E-state index in [1.807, 2.05) is 0 Å². The van der Waals surface area contributed by atoms with Gasteiger partial charge < -0.3 is 5.32 Å². The van der Waals surface area contributed by atoms with Gasteiger partial charge in [0.05, 0.1) is 10.9 Å². The predicted octanol–water partition coefficient (Wildman–Crippen LogP) is 1.30. The SMILES string of the molecule is CC#CCNC(=O)C(C)(C)Br. The van der Waals surface area contributed by atoms with E-state index < -0.39 is 4.32 Å². The van der Waals surface area contributed by atoms with Gasteiger partial charge in [-0.2, -0.15) is 0 Å². The molecule has 0 bridgehead atoms. The fourth-order valence-corrected chi connectivity index (χ4v) is 0.563. The summed E-state index contributed by atoms with van der Waals surface area (Å²) in [6.45, 7) is 5.75. The molecule has 0 atom stereocenters. The molecule has 1 amide bonds. The van der Waals surface area contributed by atoms with Crippen LogP contribution in [0.4, 0.5) is 0 Å². The molecule has 0 saturated heterocycles. The molecule has 3 heteroatoms. The first-order chi connectivity index (χ1) is 4.98. The highest BCUT2D eigenvalue weighted by Gasteiger charge is 2.22. The van der Waals surface area contributed by atoms with Crippen LogP contribution >= 0.6 is 15.9 Å². The molecule has 0 heterocycles. The first kappa shape index (κ1) is 10.5. The van der Waals surface area contributed by atoms with E-state index in [9.17, 15) is 4.79 Å². The minimum absolute atomic E-state index is 0.0414. The van der Waals surface area contributed by atoms with Gasteiger partial charge in [0.1, 0.15) is 0 Å². The summed E-state index contributed by atoms with van der Waals surface area (Å²) in [6.07, 6.45) is 0. The first-order valence-electron chi connectivity index (χ1n) is 3.35. The van der Waals surface area contributed by atoms with Crippen LogP contribution in [0, 0.1) is 11.8 Å². The highest BCUT2D eigenvalue weighted by molar-refractivity contribution is 9.10. The van der Waals surface area contributed by atoms with Crippen LogP contribution < -0.4 is 5.32 Å². The highest BCUT2D eigenvalue weighted by atomic mass is 79.9. The number of carbonyl (C=O) groups is 1. The summed E-state index contributed by atoms with van der Waals surface area (Å²) < 4.78 is -0.498. The van der Waals surface area contributed by atoms with Crippen LogP contribution in [0.2, 0.25) is 0 Å². The van der Waals surface area contributed by atoms with Gasteiger partial charge in [0.2, 0.25) is 5.91 Å². The lowest BCUT2D eigenvalue weighted by Gasteiger charge is -2.13. The molecule has 11 heavy (non-hydrogen) atoms. The van der Waals surface area contributed by atoms with Crippen LogP contribution in [-0.2, 0) is 4.79 Å². The zero-order chi connectivity index (χ0) is 8.91. The molecule has 62 valence electrons. The van der Waals surface area contributed by atoms with Gasteiger partial charge in [-0.15, -0.1) is 5.92 Å². The summed E-state index contributed by atoms with van der Waals surface area (Å²) in [6, 6.07) is 0. The van der Waals surface area contributed by atoms with Crippen molar-refractivity contribution in [2.24, 2.45) is 0 Å². The number of carbonyl (C=O) groups excluding carboxylic acids is 1. The summed E-state index contributed by atoms with van der Waals surface area (Å²) in [7, 11) is 0. The molecule has 0 aromatic heterocycles. The minimum Gasteiger partial charge on any atom is -0.344 e. The van der Waals surface area contributed by atoms with Crippen molar-refractivity contribution >= 4 is 21.8 Å². The predicted molar refractivity (Wildman–Crippen MR) is 49.5 cm³/mol. The average Bonchev–Trinajstić information content (AvgIpc) is 1.86. The Bertz CT molecular complexity index is 194. The Labute approximate surface area is 75.9 Å². The third kappa shape index (κ3) is 4.86. The second-order valence-corrected chi connectivity index (χ2v) is 4.56. The Morgan fingerprint density at radius 1 is 1.64 bits per heavy atom. The molecular formula is C8H12BrNO. The van der Waals surface area contributed by atoms with E-state index in [1.165, 1.54) is 0 Å². The smallest absolute Gasteiger partial charge is 0.237 e. The van der Waals surface area contributed by atoms with Crippen LogP contribution in [0.5, 0.6) is 0 Å². The van der Waals surface area contributed by atoms with Crippen LogP contribution in [0.25, 0.3) is 0 Å². The number of nitrogens with one attached hydrogen (secondary N) is 1. The van der Waals surface area contributed by atoms with Gasteiger partial charge in [0.15, 0.2) is 0 Å². The van der Waals surface area contributed by atoms with Gasteiger partial charge in [0.25, 0.3) is 0 Å². The Hall–Kier alpha value is -0.490. The lowest BCUT2D eigenvalue weighted by molar-refractivity contribution is -0.122. The van der Waals surface area contributed by atoms with Crippen LogP contribution in [-0.4, -0.2) is 16.8 Å². The van der Waals surface area contributed by atoms with E-state index in [0.29, 0.717) is 6.54 Å². The van der Waals surface area contributed by atoms with Crippen molar-refractivity contribution in [1.82, 2.24) is 5.32 Å². The lowest BCUT2D eigenvalue weighted by atomic mass is 10.2. The average molecular weight is 218 g/mol. The van der Waals surface area contributed by atoms with Gasteiger partial charge in [-0.1, -0.05) is 21.9 Å². The molecule has 2 nitrogen and oxygen atoms in total. The molecule has 0 unspecified atom stereocenters. The molecule has 0 aliphatic rings. The minimum atomic E-state index is -0.498. The molecule has 1 N–H and O–H groups in total. The zero-order valence-electron chi connectivity index (χ0n) is 6.99. The van der Waals surface area contributed by atoms with Crippen LogP contribution in [0.1, 0.15) is 20.8 Å². The van der Waals surface area contributed by atoms with E-state index in [-0.39, 0.29) is 5.91 Å². The first-order valence-corrected chi connectivity index (χ1v) is 4.14. The summed E-state index contributed by atoms with van der Waals surface area (Å²) in [5.74, 6) is 5.40. The second kappa shape index (κ2) is 4.40. The monoisotopic (exact) mass is 217 g/mol. The van der Waals surface area contributed by atoms with Crippen molar-refractivity contribution in [2.45, 2.75) is 25.1 Å². The molecule has 0 spiro atoms. The maximum absolute atomic E-state index is 11.1. The molecule has 0 radical (unpaired) electrons. The number of rotatable bonds is 2. The van der Waals surface area contributed by atoms with Crippen LogP contribution in [0.15, 0.2) is 0 Å². The van der Waals surface area contributed by atoms with E-state index in [1.54, 1.807) is 20.8 Å². The molecule has 0 saturated carbocycles. The zero-order valence-corrected chi connectivity index (χ0v) is 8.58. The lowest BCUT2D eigenvalue weighted by Crippen LogP contribution is -2.37. The Kier molecular flexibility index (Phi) is 4.20. The van der Waals surface area contributed by atoms with Gasteiger partial charge in [-0.05, 0) is 20.8 Å². The third-order valence-corrected chi connectivity index (χ3v) is 1.41. The van der Waals surface area contributed by atoms with Gasteiger partial charge in [-0.3, -0.25) is 4.79 Å². The molecule has 0 aromatic carbocycles. The second-order valence-electron chi connectivity index (χ2n) is 2.58. The molecule has 0 aliphatic carbocycles. The largest absolute Gasteiger partial charge is 0.344 e. The number of halogens is 1. The molecular weight excluding hydrogens is 206 g/mol. The standard InChI is InChI=1S/C8H12BrNO/c1-4-5-6-10-7(11)8(2,3)9/h6H2,1-3H3,(H,10,11). The van der Waals surface area contributed by atoms with Gasteiger partial charge in [0, 0.05) is 0 Å². The van der Waals surface area contributed by atoms with Crippen molar-refractivity contribution in [3.05, 3.63) is 0 Å². The van der Waals surface area contributed by atoms with Crippen LogP contribution in [0.3, 0.4) is 0 Å². The van der Waals surface area contributed by atoms with Crippen molar-refractivity contribution in [3.63, 3.8) is 0 Å². The van der Waals surface area contributed by atoms with E-state index in [2.05, 4.69) is 33.1 Å². The maximum atomic E-state index is 11.1. The molecule has 0 aliphatic heterocycles. The van der Waals surface area contributed by atoms with Crippen molar-refractivity contribution in [2.75, 3.05) is 6.54 Å². The molecule has 0 fully saturated rings. The number of alkyl halides is 1. The number of amides is 1. The van der Waals surface area contributed by atoms with Crippen molar-refractivity contribution in [3.8, 4) is 11.8 Å². The fraction of sp³-hybridized carbons (Fsp3) is 0.625. The summed E-state index contributed by atoms with van der Waals surface area (Å²) >= 11 is 3.24. The molecule has 0 rings (SSSR count). The van der Waals surface area contributed by atoms with E-state index in [0.717, 1.165) is 0 Å². The summed E-state index contributed by atoms with van der Waals surface area (Å²) in [4.78, 5) is 11.1. The topological polar surface area (TPSA) is 29.1 Å². The van der Waals surface area contributed by atoms with Gasteiger partial charge >= 0.3 is 0 Å². The Morgan fingerprint density at radius 3 is 2.55 bits per heavy atom. The Balaban J connectivity index is 3.77. The quantitative estimate of drug-likeness (QED) is 0.549. The van der Waals surface area contributed by atoms with E-state index in [4.69, 9.17) is 0 Å².